The van der Waals surface area contributed by atoms with Crippen molar-refractivity contribution in [3.8, 4) is 17.6 Å². The Kier molecular flexibility index (Phi) is 7.62. The van der Waals surface area contributed by atoms with Crippen LogP contribution >= 0.6 is 0 Å². The van der Waals surface area contributed by atoms with E-state index in [1.807, 2.05) is 32.0 Å². The van der Waals surface area contributed by atoms with E-state index in [2.05, 4.69) is 5.32 Å². The van der Waals surface area contributed by atoms with Crippen LogP contribution in [0.4, 0.5) is 11.4 Å². The van der Waals surface area contributed by atoms with Gasteiger partial charge in [0.25, 0.3) is 11.6 Å². The predicted octanol–water partition coefficient (Wildman–Crippen LogP) is 5.34. The summed E-state index contributed by atoms with van der Waals surface area (Å²) in [5, 5.41) is 23.2. The van der Waals surface area contributed by atoms with Crippen molar-refractivity contribution in [2.24, 2.45) is 0 Å². The number of nitrogens with zero attached hydrogens (tertiary/aromatic N) is 2. The fraction of sp³-hybridized carbons (Fsp3) is 0.154. The van der Waals surface area contributed by atoms with Crippen molar-refractivity contribution in [3.63, 3.8) is 0 Å². The molecule has 3 aromatic carbocycles. The maximum atomic E-state index is 12.7. The molecule has 8 nitrogen and oxygen atoms in total. The van der Waals surface area contributed by atoms with Gasteiger partial charge in [-0.1, -0.05) is 18.2 Å². The summed E-state index contributed by atoms with van der Waals surface area (Å²) in [4.78, 5) is 23.1. The Labute approximate surface area is 197 Å². The van der Waals surface area contributed by atoms with Gasteiger partial charge in [0, 0.05) is 23.4 Å². The predicted molar refractivity (Wildman–Crippen MR) is 129 cm³/mol. The van der Waals surface area contributed by atoms with Crippen LogP contribution in [0.25, 0.3) is 6.08 Å². The standard InChI is InChI=1S/C26H23N3O5/c1-17-7-10-22(13-18(17)2)28-26(30)21(15-27)14-20-5-4-6-24(33-3)25(20)34-16-19-8-11-23(12-9-19)29(31)32/h4-14H,16H2,1-3H3,(H,28,30)/b21-14-. The first-order valence-electron chi connectivity index (χ1n) is 10.4. The molecule has 0 fully saturated rings. The molecule has 0 unspecified atom stereocenters. The third-order valence-corrected chi connectivity index (χ3v) is 5.19. The van der Waals surface area contributed by atoms with E-state index in [9.17, 15) is 20.2 Å². The number of anilines is 1. The van der Waals surface area contributed by atoms with E-state index in [0.717, 1.165) is 11.1 Å². The SMILES string of the molecule is COc1cccc(/C=C(/C#N)C(=O)Nc2ccc(C)c(C)c2)c1OCc1ccc([N+](=O)[O-])cc1. The highest BCUT2D eigenvalue weighted by atomic mass is 16.6. The van der Waals surface area contributed by atoms with E-state index in [-0.39, 0.29) is 17.9 Å². The second-order valence-corrected chi connectivity index (χ2v) is 7.51. The lowest BCUT2D eigenvalue weighted by Crippen LogP contribution is -2.13. The Morgan fingerprint density at radius 3 is 2.47 bits per heavy atom. The van der Waals surface area contributed by atoms with Crippen molar-refractivity contribution in [2.75, 3.05) is 12.4 Å². The normalized spacial score (nSPS) is 10.8. The third-order valence-electron chi connectivity index (χ3n) is 5.19. The van der Waals surface area contributed by atoms with Gasteiger partial charge < -0.3 is 14.8 Å². The Morgan fingerprint density at radius 2 is 1.85 bits per heavy atom. The lowest BCUT2D eigenvalue weighted by Gasteiger charge is -2.14. The van der Waals surface area contributed by atoms with Gasteiger partial charge in [0.1, 0.15) is 18.2 Å². The zero-order valence-electron chi connectivity index (χ0n) is 19.0. The number of amides is 1. The summed E-state index contributed by atoms with van der Waals surface area (Å²) >= 11 is 0. The number of ether oxygens (including phenoxy) is 2. The number of hydrogen-bond donors (Lipinski definition) is 1. The lowest BCUT2D eigenvalue weighted by molar-refractivity contribution is -0.384. The maximum Gasteiger partial charge on any atom is 0.269 e. The molecule has 34 heavy (non-hydrogen) atoms. The third kappa shape index (κ3) is 5.78. The first kappa shape index (κ1) is 24.0. The van der Waals surface area contributed by atoms with Crippen LogP contribution in [-0.2, 0) is 11.4 Å². The van der Waals surface area contributed by atoms with Crippen LogP contribution in [0.2, 0.25) is 0 Å². The molecule has 0 bridgehead atoms. The molecule has 0 saturated heterocycles. The smallest absolute Gasteiger partial charge is 0.269 e. The van der Waals surface area contributed by atoms with Crippen molar-refractivity contribution in [1.82, 2.24) is 0 Å². The Hall–Kier alpha value is -4.64. The average molecular weight is 457 g/mol. The topological polar surface area (TPSA) is 114 Å². The zero-order valence-corrected chi connectivity index (χ0v) is 19.0. The van der Waals surface area contributed by atoms with E-state index in [1.54, 1.807) is 36.4 Å². The van der Waals surface area contributed by atoms with Gasteiger partial charge in [-0.2, -0.15) is 5.26 Å². The van der Waals surface area contributed by atoms with Gasteiger partial charge in [0.2, 0.25) is 0 Å². The number of nitrogens with one attached hydrogen (secondary N) is 1. The van der Waals surface area contributed by atoms with Crippen LogP contribution in [0.15, 0.2) is 66.2 Å². The molecule has 3 aromatic rings. The second-order valence-electron chi connectivity index (χ2n) is 7.51. The van der Waals surface area contributed by atoms with Crippen molar-refractivity contribution in [2.45, 2.75) is 20.5 Å². The first-order chi connectivity index (χ1) is 16.3. The van der Waals surface area contributed by atoms with Crippen molar-refractivity contribution < 1.29 is 19.2 Å². The van der Waals surface area contributed by atoms with Crippen LogP contribution in [0.5, 0.6) is 11.5 Å². The van der Waals surface area contributed by atoms with Crippen LogP contribution in [0.1, 0.15) is 22.3 Å². The molecule has 1 amide bonds. The van der Waals surface area contributed by atoms with E-state index >= 15 is 0 Å². The molecule has 0 spiro atoms. The molecule has 0 aromatic heterocycles. The summed E-state index contributed by atoms with van der Waals surface area (Å²) in [6.07, 6.45) is 1.43. The van der Waals surface area contributed by atoms with Gasteiger partial charge in [-0.25, -0.2) is 0 Å². The monoisotopic (exact) mass is 457 g/mol. The van der Waals surface area contributed by atoms with Gasteiger partial charge in [-0.3, -0.25) is 14.9 Å². The van der Waals surface area contributed by atoms with E-state index < -0.39 is 10.8 Å². The summed E-state index contributed by atoms with van der Waals surface area (Å²) < 4.78 is 11.3. The van der Waals surface area contributed by atoms with Gasteiger partial charge in [0.05, 0.1) is 12.0 Å². The molecule has 0 heterocycles. The molecule has 0 atom stereocenters. The fourth-order valence-corrected chi connectivity index (χ4v) is 3.15. The number of benzene rings is 3. The van der Waals surface area contributed by atoms with Crippen LogP contribution in [0.3, 0.4) is 0 Å². The number of para-hydroxylation sites is 1. The lowest BCUT2D eigenvalue weighted by atomic mass is 10.1. The largest absolute Gasteiger partial charge is 0.493 e. The van der Waals surface area contributed by atoms with Gasteiger partial charge in [0.15, 0.2) is 11.5 Å². The summed E-state index contributed by atoms with van der Waals surface area (Å²) in [7, 11) is 1.49. The number of methoxy groups -OCH3 is 1. The summed E-state index contributed by atoms with van der Waals surface area (Å²) in [5.74, 6) is 0.215. The van der Waals surface area contributed by atoms with Crippen LogP contribution in [-0.4, -0.2) is 17.9 Å². The summed E-state index contributed by atoms with van der Waals surface area (Å²) in [5.41, 5.74) is 3.78. The van der Waals surface area contributed by atoms with E-state index in [4.69, 9.17) is 9.47 Å². The Morgan fingerprint density at radius 1 is 1.12 bits per heavy atom. The Bertz CT molecular complexity index is 1290. The highest BCUT2D eigenvalue weighted by Crippen LogP contribution is 2.33. The highest BCUT2D eigenvalue weighted by molar-refractivity contribution is 6.10. The number of hydrogen-bond acceptors (Lipinski definition) is 6. The number of carbonyl (C=O) groups excluding carboxylic acids is 1. The number of aryl methyl sites for hydroxylation is 2. The van der Waals surface area contributed by atoms with Crippen molar-refractivity contribution >= 4 is 23.4 Å². The molecule has 0 aliphatic rings. The number of nitro benzene ring substituents is 1. The average Bonchev–Trinajstić information content (AvgIpc) is 2.83. The first-order valence-corrected chi connectivity index (χ1v) is 10.4. The van der Waals surface area contributed by atoms with Crippen LogP contribution in [0, 0.1) is 35.3 Å². The maximum absolute atomic E-state index is 12.7. The number of nitro groups is 1. The van der Waals surface area contributed by atoms with E-state index in [0.29, 0.717) is 28.3 Å². The molecule has 3 rings (SSSR count). The second kappa shape index (κ2) is 10.8. The van der Waals surface area contributed by atoms with Gasteiger partial charge >= 0.3 is 0 Å². The summed E-state index contributed by atoms with van der Waals surface area (Å²) in [6.45, 7) is 4.02. The number of rotatable bonds is 8. The Balaban J connectivity index is 1.85. The molecule has 0 saturated carbocycles. The molecule has 0 aliphatic heterocycles. The number of non-ortho nitro benzene ring substituents is 1. The molecule has 1 N–H and O–H groups in total. The number of carbonyl (C=O) groups is 1. The van der Waals surface area contributed by atoms with Crippen molar-refractivity contribution in [3.05, 3.63) is 98.6 Å². The molecule has 8 heteroatoms. The van der Waals surface area contributed by atoms with Gasteiger partial charge in [-0.15, -0.1) is 0 Å². The van der Waals surface area contributed by atoms with E-state index in [1.165, 1.54) is 25.3 Å². The minimum absolute atomic E-state index is 0.0156. The van der Waals surface area contributed by atoms with Crippen molar-refractivity contribution in [1.29, 1.82) is 5.26 Å². The highest BCUT2D eigenvalue weighted by Gasteiger charge is 2.15. The zero-order chi connectivity index (χ0) is 24.7. The molecule has 0 aliphatic carbocycles. The quantitative estimate of drug-likeness (QED) is 0.211. The van der Waals surface area contributed by atoms with Crippen LogP contribution < -0.4 is 14.8 Å². The summed E-state index contributed by atoms with van der Waals surface area (Å²) in [6, 6.07) is 18.6. The molecule has 172 valence electrons. The minimum atomic E-state index is -0.546. The number of nitriles is 1. The fourth-order valence-electron chi connectivity index (χ4n) is 3.15. The molecular weight excluding hydrogens is 434 g/mol. The molecular formula is C26H23N3O5. The minimum Gasteiger partial charge on any atom is -0.493 e. The molecule has 0 radical (unpaired) electrons. The van der Waals surface area contributed by atoms with Gasteiger partial charge in [-0.05, 0) is 66.9 Å².